The largest absolute Gasteiger partial charge is 0.452 e. The quantitative estimate of drug-likeness (QED) is 0.534. The van der Waals surface area contributed by atoms with Crippen molar-refractivity contribution in [2.24, 2.45) is 0 Å². The summed E-state index contributed by atoms with van der Waals surface area (Å²) >= 11 is 0. The zero-order valence-electron chi connectivity index (χ0n) is 17.8. The number of hydrogen-bond donors (Lipinski definition) is 2. The highest BCUT2D eigenvalue weighted by Crippen LogP contribution is 2.17. The smallest absolute Gasteiger partial charge is 0.338 e. The Labute approximate surface area is 181 Å². The maximum absolute atomic E-state index is 12.3. The molecule has 3 rings (SSSR count). The summed E-state index contributed by atoms with van der Waals surface area (Å²) in [6.45, 7) is 6.11. The third-order valence-electron chi connectivity index (χ3n) is 4.48. The third kappa shape index (κ3) is 6.40. The molecule has 0 unspecified atom stereocenters. The summed E-state index contributed by atoms with van der Waals surface area (Å²) in [7, 11) is 0. The molecule has 0 saturated heterocycles. The molecule has 2 amide bonds. The second kappa shape index (κ2) is 10.4. The minimum atomic E-state index is -0.496. The average Bonchev–Trinajstić information content (AvgIpc) is 3.25. The maximum Gasteiger partial charge on any atom is 0.338 e. The van der Waals surface area contributed by atoms with Crippen molar-refractivity contribution in [2.75, 3.05) is 0 Å². The summed E-state index contributed by atoms with van der Waals surface area (Å²) in [6.07, 6.45) is 0.957. The average molecular weight is 422 g/mol. The monoisotopic (exact) mass is 422 g/mol. The van der Waals surface area contributed by atoms with Crippen molar-refractivity contribution < 1.29 is 18.8 Å². The van der Waals surface area contributed by atoms with Crippen LogP contribution in [0.1, 0.15) is 48.1 Å². The molecular formula is C23H26N4O4. The number of benzene rings is 2. The van der Waals surface area contributed by atoms with Gasteiger partial charge in [0, 0.05) is 18.2 Å². The normalized spacial score (nSPS) is 10.7. The number of urea groups is 1. The van der Waals surface area contributed by atoms with E-state index < -0.39 is 5.97 Å². The minimum Gasteiger partial charge on any atom is -0.452 e. The molecule has 1 heterocycles. The number of aryl methyl sites for hydroxylation is 1. The highest BCUT2D eigenvalue weighted by molar-refractivity contribution is 5.89. The molecule has 0 atom stereocenters. The van der Waals surface area contributed by atoms with E-state index >= 15 is 0 Å². The van der Waals surface area contributed by atoms with E-state index in [9.17, 15) is 9.59 Å². The van der Waals surface area contributed by atoms with Crippen LogP contribution in [0.5, 0.6) is 0 Å². The van der Waals surface area contributed by atoms with E-state index in [0.717, 1.165) is 17.5 Å². The van der Waals surface area contributed by atoms with Crippen LogP contribution in [0.15, 0.2) is 53.1 Å². The van der Waals surface area contributed by atoms with Gasteiger partial charge in [-0.05, 0) is 43.5 Å². The van der Waals surface area contributed by atoms with E-state index in [4.69, 9.17) is 9.26 Å². The van der Waals surface area contributed by atoms with Crippen LogP contribution in [0.3, 0.4) is 0 Å². The van der Waals surface area contributed by atoms with Crippen LogP contribution in [0.25, 0.3) is 11.4 Å². The molecule has 162 valence electrons. The number of carbonyl (C=O) groups excluding carboxylic acids is 2. The molecule has 0 aliphatic rings. The van der Waals surface area contributed by atoms with Crippen LogP contribution >= 0.6 is 0 Å². The Kier molecular flexibility index (Phi) is 7.37. The van der Waals surface area contributed by atoms with Gasteiger partial charge in [0.15, 0.2) is 6.61 Å². The van der Waals surface area contributed by atoms with Crippen molar-refractivity contribution in [2.45, 2.75) is 46.4 Å². The van der Waals surface area contributed by atoms with Crippen LogP contribution < -0.4 is 10.6 Å². The topological polar surface area (TPSA) is 106 Å². The first-order chi connectivity index (χ1) is 14.9. The summed E-state index contributed by atoms with van der Waals surface area (Å²) in [6, 6.07) is 14.5. The number of esters is 1. The SMILES string of the molecule is CCc1ccc(-c2noc(COC(=O)c3ccc(CNC(=O)NC(C)C)cc3)n2)cc1. The lowest BCUT2D eigenvalue weighted by molar-refractivity contribution is 0.0429. The number of carbonyl (C=O) groups is 2. The Morgan fingerprint density at radius 1 is 1.03 bits per heavy atom. The molecule has 0 spiro atoms. The minimum absolute atomic E-state index is 0.0636. The first-order valence-electron chi connectivity index (χ1n) is 10.2. The fourth-order valence-corrected chi connectivity index (χ4v) is 2.79. The number of hydrogen-bond acceptors (Lipinski definition) is 6. The standard InChI is InChI=1S/C23H26N4O4/c1-4-16-5-9-18(10-6-16)21-26-20(31-27-21)14-30-22(28)19-11-7-17(8-12-19)13-24-23(29)25-15(2)3/h5-12,15H,4,13-14H2,1-3H3,(H2,24,25,29). The molecule has 0 bridgehead atoms. The third-order valence-corrected chi connectivity index (χ3v) is 4.48. The van der Waals surface area contributed by atoms with E-state index in [1.165, 1.54) is 5.56 Å². The highest BCUT2D eigenvalue weighted by atomic mass is 16.6. The van der Waals surface area contributed by atoms with Crippen LogP contribution in [0.2, 0.25) is 0 Å². The van der Waals surface area contributed by atoms with Gasteiger partial charge in [0.25, 0.3) is 5.89 Å². The van der Waals surface area contributed by atoms with Crippen LogP contribution in [-0.2, 0) is 24.3 Å². The first kappa shape index (κ1) is 22.0. The Hall–Kier alpha value is -3.68. The molecule has 0 aliphatic heterocycles. The van der Waals surface area contributed by atoms with Gasteiger partial charge in [0.1, 0.15) is 0 Å². The number of nitrogens with zero attached hydrogens (tertiary/aromatic N) is 2. The van der Waals surface area contributed by atoms with E-state index in [0.29, 0.717) is 17.9 Å². The lowest BCUT2D eigenvalue weighted by Crippen LogP contribution is -2.39. The van der Waals surface area contributed by atoms with E-state index in [1.54, 1.807) is 24.3 Å². The second-order valence-electron chi connectivity index (χ2n) is 7.32. The number of amides is 2. The molecule has 1 aromatic heterocycles. The van der Waals surface area contributed by atoms with Gasteiger partial charge >= 0.3 is 12.0 Å². The lowest BCUT2D eigenvalue weighted by Gasteiger charge is -2.10. The summed E-state index contributed by atoms with van der Waals surface area (Å²) < 4.78 is 10.4. The summed E-state index contributed by atoms with van der Waals surface area (Å²) in [5, 5.41) is 9.44. The molecule has 3 aromatic rings. The Balaban J connectivity index is 1.50. The summed E-state index contributed by atoms with van der Waals surface area (Å²) in [5.74, 6) is 0.177. The Morgan fingerprint density at radius 2 is 1.71 bits per heavy atom. The summed E-state index contributed by atoms with van der Waals surface area (Å²) in [4.78, 5) is 28.2. The van der Waals surface area contributed by atoms with Gasteiger partial charge in [-0.1, -0.05) is 48.5 Å². The van der Waals surface area contributed by atoms with Crippen molar-refractivity contribution in [3.05, 3.63) is 71.1 Å². The summed E-state index contributed by atoms with van der Waals surface area (Å²) in [5.41, 5.74) is 3.32. The fraction of sp³-hybridized carbons (Fsp3) is 0.304. The zero-order chi connectivity index (χ0) is 22.2. The van der Waals surface area contributed by atoms with Gasteiger partial charge in [-0.3, -0.25) is 0 Å². The molecule has 0 radical (unpaired) electrons. The predicted octanol–water partition coefficient (Wildman–Crippen LogP) is 3.86. The second-order valence-corrected chi connectivity index (χ2v) is 7.32. The van der Waals surface area contributed by atoms with Gasteiger partial charge in [-0.2, -0.15) is 4.98 Å². The van der Waals surface area contributed by atoms with Crippen molar-refractivity contribution in [1.82, 2.24) is 20.8 Å². The Bertz CT molecular complexity index is 1010. The molecule has 8 heteroatoms. The van der Waals surface area contributed by atoms with Crippen molar-refractivity contribution >= 4 is 12.0 Å². The molecule has 8 nitrogen and oxygen atoms in total. The van der Waals surface area contributed by atoms with E-state index in [-0.39, 0.29) is 24.6 Å². The van der Waals surface area contributed by atoms with E-state index in [1.807, 2.05) is 38.1 Å². The number of aromatic nitrogens is 2. The number of rotatable bonds is 8. The molecule has 2 aromatic carbocycles. The Morgan fingerprint density at radius 3 is 2.35 bits per heavy atom. The van der Waals surface area contributed by atoms with Crippen molar-refractivity contribution in [3.63, 3.8) is 0 Å². The molecule has 0 saturated carbocycles. The fourth-order valence-electron chi connectivity index (χ4n) is 2.79. The lowest BCUT2D eigenvalue weighted by atomic mass is 10.1. The number of nitrogens with one attached hydrogen (secondary N) is 2. The zero-order valence-corrected chi connectivity index (χ0v) is 17.8. The van der Waals surface area contributed by atoms with Gasteiger partial charge in [-0.15, -0.1) is 0 Å². The van der Waals surface area contributed by atoms with Crippen molar-refractivity contribution in [3.8, 4) is 11.4 Å². The van der Waals surface area contributed by atoms with Crippen molar-refractivity contribution in [1.29, 1.82) is 0 Å². The highest BCUT2D eigenvalue weighted by Gasteiger charge is 2.13. The van der Waals surface area contributed by atoms with Gasteiger partial charge < -0.3 is 19.9 Å². The van der Waals surface area contributed by atoms with E-state index in [2.05, 4.69) is 27.7 Å². The van der Waals surface area contributed by atoms with Gasteiger partial charge in [0.05, 0.1) is 5.56 Å². The molecule has 0 fully saturated rings. The molecule has 0 aliphatic carbocycles. The number of ether oxygens (including phenoxy) is 1. The predicted molar refractivity (Wildman–Crippen MR) is 115 cm³/mol. The first-order valence-corrected chi connectivity index (χ1v) is 10.2. The maximum atomic E-state index is 12.3. The van der Waals surface area contributed by atoms with Gasteiger partial charge in [-0.25, -0.2) is 9.59 Å². The molecule has 2 N–H and O–H groups in total. The molecule has 31 heavy (non-hydrogen) atoms. The molecular weight excluding hydrogens is 396 g/mol. The van der Waals surface area contributed by atoms with Crippen LogP contribution in [0, 0.1) is 0 Å². The van der Waals surface area contributed by atoms with Crippen LogP contribution in [0.4, 0.5) is 4.79 Å². The van der Waals surface area contributed by atoms with Gasteiger partial charge in [0.2, 0.25) is 5.82 Å². The van der Waals surface area contributed by atoms with Crippen LogP contribution in [-0.4, -0.2) is 28.2 Å².